The summed E-state index contributed by atoms with van der Waals surface area (Å²) in [7, 11) is 1.63. The van der Waals surface area contributed by atoms with E-state index >= 15 is 0 Å². The molecule has 0 aliphatic rings. The number of amides is 1. The molecule has 1 aromatic heterocycles. The standard InChI is InChI=1S/C32H29N5O2S/c1-22-9-11-27(12-10-22)31-35-36-32(37(31)28-17-19-29(39-3)20-18-28)40-21-30(38)34-33-23(2)24-13-15-26(16-14-24)25-7-5-4-6-8-25/h4-20H,21H2,1-3H3,(H,34,38)/b33-23+. The van der Waals surface area contributed by atoms with E-state index < -0.39 is 0 Å². The van der Waals surface area contributed by atoms with Gasteiger partial charge in [0.05, 0.1) is 18.6 Å². The van der Waals surface area contributed by atoms with Crippen molar-refractivity contribution in [3.05, 3.63) is 114 Å². The van der Waals surface area contributed by atoms with E-state index in [1.165, 1.54) is 11.8 Å². The molecular formula is C32H29N5O2S. The predicted octanol–water partition coefficient (Wildman–Crippen LogP) is 6.55. The van der Waals surface area contributed by atoms with Gasteiger partial charge in [0, 0.05) is 11.3 Å². The summed E-state index contributed by atoms with van der Waals surface area (Å²) in [5.41, 5.74) is 9.58. The second kappa shape index (κ2) is 12.4. The van der Waals surface area contributed by atoms with E-state index in [0.717, 1.165) is 45.0 Å². The SMILES string of the molecule is COc1ccc(-n2c(SCC(=O)N/N=C(\C)c3ccc(-c4ccccc4)cc3)nnc2-c2ccc(C)cc2)cc1. The number of aromatic nitrogens is 3. The van der Waals surface area contributed by atoms with Gasteiger partial charge >= 0.3 is 0 Å². The summed E-state index contributed by atoms with van der Waals surface area (Å²) in [6.07, 6.45) is 0. The van der Waals surface area contributed by atoms with Crippen molar-refractivity contribution in [2.75, 3.05) is 12.9 Å². The van der Waals surface area contributed by atoms with Crippen LogP contribution in [0, 0.1) is 6.92 Å². The summed E-state index contributed by atoms with van der Waals surface area (Å²) >= 11 is 1.30. The smallest absolute Gasteiger partial charge is 0.250 e. The molecule has 40 heavy (non-hydrogen) atoms. The Morgan fingerprint density at radius 1 is 0.850 bits per heavy atom. The molecule has 1 heterocycles. The highest BCUT2D eigenvalue weighted by molar-refractivity contribution is 7.99. The van der Waals surface area contributed by atoms with E-state index in [1.54, 1.807) is 7.11 Å². The van der Waals surface area contributed by atoms with E-state index in [2.05, 4.69) is 45.0 Å². The highest BCUT2D eigenvalue weighted by Crippen LogP contribution is 2.29. The van der Waals surface area contributed by atoms with Crippen molar-refractivity contribution >= 4 is 23.4 Å². The molecule has 5 rings (SSSR count). The van der Waals surface area contributed by atoms with Crippen molar-refractivity contribution < 1.29 is 9.53 Å². The second-order valence-corrected chi connectivity index (χ2v) is 10.1. The maximum atomic E-state index is 12.7. The number of aryl methyl sites for hydroxylation is 1. The van der Waals surface area contributed by atoms with Crippen molar-refractivity contribution in [1.29, 1.82) is 0 Å². The average molecular weight is 548 g/mol. The van der Waals surface area contributed by atoms with E-state index in [0.29, 0.717) is 11.0 Å². The lowest BCUT2D eigenvalue weighted by Crippen LogP contribution is -2.21. The number of methoxy groups -OCH3 is 1. The third-order valence-electron chi connectivity index (χ3n) is 6.36. The van der Waals surface area contributed by atoms with Crippen molar-refractivity contribution in [2.24, 2.45) is 5.10 Å². The van der Waals surface area contributed by atoms with Gasteiger partial charge in [0.25, 0.3) is 5.91 Å². The zero-order valence-corrected chi connectivity index (χ0v) is 23.4. The Balaban J connectivity index is 1.29. The molecule has 0 saturated heterocycles. The number of nitrogens with zero attached hydrogens (tertiary/aromatic N) is 4. The first-order valence-corrected chi connectivity index (χ1v) is 13.8. The second-order valence-electron chi connectivity index (χ2n) is 9.17. The molecule has 0 atom stereocenters. The van der Waals surface area contributed by atoms with Gasteiger partial charge in [-0.25, -0.2) is 5.43 Å². The van der Waals surface area contributed by atoms with Crippen LogP contribution in [0.4, 0.5) is 0 Å². The fourth-order valence-corrected chi connectivity index (χ4v) is 4.87. The molecular weight excluding hydrogens is 518 g/mol. The van der Waals surface area contributed by atoms with Crippen LogP contribution in [0.1, 0.15) is 18.1 Å². The molecule has 0 fully saturated rings. The summed E-state index contributed by atoms with van der Waals surface area (Å²) in [5, 5.41) is 13.8. The fourth-order valence-electron chi connectivity index (χ4n) is 4.12. The lowest BCUT2D eigenvalue weighted by atomic mass is 10.0. The molecule has 200 valence electrons. The summed E-state index contributed by atoms with van der Waals surface area (Å²) in [6.45, 7) is 3.92. The molecule has 0 bridgehead atoms. The molecule has 7 nitrogen and oxygen atoms in total. The molecule has 1 N–H and O–H groups in total. The molecule has 1 amide bonds. The molecule has 0 aliphatic heterocycles. The van der Waals surface area contributed by atoms with Crippen molar-refractivity contribution in [3.8, 4) is 34.0 Å². The minimum atomic E-state index is -0.230. The van der Waals surface area contributed by atoms with Crippen LogP contribution in [0.5, 0.6) is 5.75 Å². The number of thioether (sulfide) groups is 1. The lowest BCUT2D eigenvalue weighted by molar-refractivity contribution is -0.118. The monoisotopic (exact) mass is 547 g/mol. The average Bonchev–Trinajstić information content (AvgIpc) is 3.43. The fraction of sp³-hybridized carbons (Fsp3) is 0.125. The Bertz CT molecular complexity index is 1610. The van der Waals surface area contributed by atoms with E-state index in [-0.39, 0.29) is 11.7 Å². The molecule has 5 aromatic rings. The van der Waals surface area contributed by atoms with Crippen LogP contribution in [0.15, 0.2) is 113 Å². The van der Waals surface area contributed by atoms with E-state index in [9.17, 15) is 4.79 Å². The first-order valence-electron chi connectivity index (χ1n) is 12.8. The Morgan fingerprint density at radius 2 is 1.50 bits per heavy atom. The summed E-state index contributed by atoms with van der Waals surface area (Å²) in [4.78, 5) is 12.7. The first kappa shape index (κ1) is 26.9. The molecule has 4 aromatic carbocycles. The largest absolute Gasteiger partial charge is 0.497 e. The van der Waals surface area contributed by atoms with Gasteiger partial charge in [-0.15, -0.1) is 10.2 Å². The summed E-state index contributed by atoms with van der Waals surface area (Å²) in [6, 6.07) is 34.1. The highest BCUT2D eigenvalue weighted by atomic mass is 32.2. The van der Waals surface area contributed by atoms with E-state index in [4.69, 9.17) is 4.74 Å². The van der Waals surface area contributed by atoms with Crippen LogP contribution >= 0.6 is 11.8 Å². The molecule has 0 spiro atoms. The molecule has 0 unspecified atom stereocenters. The third kappa shape index (κ3) is 6.30. The lowest BCUT2D eigenvalue weighted by Gasteiger charge is -2.11. The number of carbonyl (C=O) groups excluding carboxylic acids is 1. The van der Waals surface area contributed by atoms with Gasteiger partial charge in [0.2, 0.25) is 0 Å². The number of carbonyl (C=O) groups is 1. The van der Waals surface area contributed by atoms with Crippen molar-refractivity contribution in [2.45, 2.75) is 19.0 Å². The first-order chi connectivity index (χ1) is 19.5. The maximum absolute atomic E-state index is 12.7. The topological polar surface area (TPSA) is 81.4 Å². The van der Waals surface area contributed by atoms with Gasteiger partial charge in [0.15, 0.2) is 11.0 Å². The van der Waals surface area contributed by atoms with Crippen LogP contribution < -0.4 is 10.2 Å². The Hall–Kier alpha value is -4.69. The zero-order chi connectivity index (χ0) is 27.9. The van der Waals surface area contributed by atoms with E-state index in [1.807, 2.05) is 97.3 Å². The zero-order valence-electron chi connectivity index (χ0n) is 22.5. The van der Waals surface area contributed by atoms with Gasteiger partial charge < -0.3 is 4.74 Å². The quantitative estimate of drug-likeness (QED) is 0.129. The van der Waals surface area contributed by atoms with Gasteiger partial charge in [-0.1, -0.05) is 96.2 Å². The normalized spacial score (nSPS) is 11.3. The number of hydrogen-bond donors (Lipinski definition) is 1. The number of benzene rings is 4. The van der Waals surface area contributed by atoms with Crippen LogP contribution in [0.3, 0.4) is 0 Å². The summed E-state index contributed by atoms with van der Waals surface area (Å²) in [5.74, 6) is 1.35. The van der Waals surface area contributed by atoms with Gasteiger partial charge in [-0.3, -0.25) is 9.36 Å². The van der Waals surface area contributed by atoms with Gasteiger partial charge in [0.1, 0.15) is 5.75 Å². The molecule has 0 radical (unpaired) electrons. The minimum Gasteiger partial charge on any atom is -0.497 e. The predicted molar refractivity (Wildman–Crippen MR) is 161 cm³/mol. The molecule has 8 heteroatoms. The van der Waals surface area contributed by atoms with Crippen LogP contribution in [0.25, 0.3) is 28.2 Å². The number of nitrogens with one attached hydrogen (secondary N) is 1. The number of ether oxygens (including phenoxy) is 1. The van der Waals surface area contributed by atoms with Gasteiger partial charge in [-0.2, -0.15) is 5.10 Å². The number of hydrogen-bond acceptors (Lipinski definition) is 6. The number of rotatable bonds is 9. The molecule has 0 aliphatic carbocycles. The summed E-state index contributed by atoms with van der Waals surface area (Å²) < 4.78 is 7.27. The van der Waals surface area contributed by atoms with Crippen molar-refractivity contribution in [1.82, 2.24) is 20.2 Å². The Labute approximate surface area is 237 Å². The number of hydrazone groups is 1. The van der Waals surface area contributed by atoms with Crippen molar-refractivity contribution in [3.63, 3.8) is 0 Å². The third-order valence-corrected chi connectivity index (χ3v) is 7.29. The maximum Gasteiger partial charge on any atom is 0.250 e. The molecule has 0 saturated carbocycles. The minimum absolute atomic E-state index is 0.131. The highest BCUT2D eigenvalue weighted by Gasteiger charge is 2.17. The van der Waals surface area contributed by atoms with Crippen LogP contribution in [-0.2, 0) is 4.79 Å². The van der Waals surface area contributed by atoms with Crippen LogP contribution in [0.2, 0.25) is 0 Å². The van der Waals surface area contributed by atoms with Crippen LogP contribution in [-0.4, -0.2) is 39.2 Å². The Kier molecular flexibility index (Phi) is 8.37. The van der Waals surface area contributed by atoms with Gasteiger partial charge in [-0.05, 0) is 54.8 Å². The Morgan fingerprint density at radius 3 is 2.17 bits per heavy atom.